The fourth-order valence-electron chi connectivity index (χ4n) is 3.74. The Hall–Kier alpha value is -3.60. The molecule has 1 aromatic heterocycles. The molecular formula is C29H32N2O3. The molecule has 3 aromatic carbocycles. The monoisotopic (exact) mass is 456 g/mol. The van der Waals surface area contributed by atoms with Gasteiger partial charge in [-0.1, -0.05) is 58.9 Å². The van der Waals surface area contributed by atoms with E-state index in [1.54, 1.807) is 0 Å². The van der Waals surface area contributed by atoms with Crippen LogP contribution in [0.25, 0.3) is 22.6 Å². The molecular weight excluding hydrogens is 424 g/mol. The summed E-state index contributed by atoms with van der Waals surface area (Å²) in [6, 6.07) is 21.5. The third-order valence-corrected chi connectivity index (χ3v) is 6.08. The Balaban J connectivity index is 1.42. The van der Waals surface area contributed by atoms with E-state index in [2.05, 4.69) is 57.1 Å². The van der Waals surface area contributed by atoms with Gasteiger partial charge in [-0.25, -0.2) is 4.98 Å². The van der Waals surface area contributed by atoms with Crippen LogP contribution in [0.15, 0.2) is 71.1 Å². The molecule has 0 bridgehead atoms. The smallest absolute Gasteiger partial charge is 0.262 e. The van der Waals surface area contributed by atoms with Gasteiger partial charge in [0.1, 0.15) is 11.3 Å². The van der Waals surface area contributed by atoms with E-state index in [1.807, 2.05) is 54.6 Å². The zero-order valence-electron chi connectivity index (χ0n) is 20.5. The Morgan fingerprint density at radius 3 is 2.53 bits per heavy atom. The fraction of sp³-hybridized carbons (Fsp3) is 0.310. The number of carbonyl (C=O) groups excluding carboxylic acids is 1. The highest BCUT2D eigenvalue weighted by Gasteiger charge is 2.14. The van der Waals surface area contributed by atoms with Crippen molar-refractivity contribution in [2.45, 2.75) is 52.4 Å². The van der Waals surface area contributed by atoms with Crippen molar-refractivity contribution < 1.29 is 13.9 Å². The Morgan fingerprint density at radius 1 is 1.06 bits per heavy atom. The lowest BCUT2D eigenvalue weighted by Gasteiger charge is -2.19. The molecule has 0 aliphatic rings. The topological polar surface area (TPSA) is 64.4 Å². The van der Waals surface area contributed by atoms with Gasteiger partial charge < -0.3 is 14.5 Å². The molecule has 1 amide bonds. The summed E-state index contributed by atoms with van der Waals surface area (Å²) in [6.07, 6.45) is 1.07. The fourth-order valence-corrected chi connectivity index (χ4v) is 3.74. The standard InChI is InChI=1S/C29H32N2O3/c1-6-19(2)20-10-15-26-25(17-20)31-28(34-26)21-8-7-9-23(16-21)30-27(32)18-33-24-13-11-22(12-14-24)29(3,4)5/h7-17,19H,6,18H2,1-5H3,(H,30,32)/t19-/m1/s1. The number of nitrogens with zero attached hydrogens (tertiary/aromatic N) is 1. The quantitative estimate of drug-likeness (QED) is 0.316. The number of amides is 1. The van der Waals surface area contributed by atoms with Crippen molar-refractivity contribution in [3.8, 4) is 17.2 Å². The maximum atomic E-state index is 12.5. The number of fused-ring (bicyclic) bond motifs is 1. The highest BCUT2D eigenvalue weighted by molar-refractivity contribution is 5.92. The van der Waals surface area contributed by atoms with E-state index >= 15 is 0 Å². The van der Waals surface area contributed by atoms with Crippen molar-refractivity contribution >= 4 is 22.7 Å². The first-order chi connectivity index (χ1) is 16.2. The molecule has 5 heteroatoms. The molecule has 5 nitrogen and oxygen atoms in total. The van der Waals surface area contributed by atoms with Crippen molar-refractivity contribution in [2.75, 3.05) is 11.9 Å². The number of nitrogens with one attached hydrogen (secondary N) is 1. The molecule has 0 radical (unpaired) electrons. The van der Waals surface area contributed by atoms with Gasteiger partial charge in [0.15, 0.2) is 12.2 Å². The van der Waals surface area contributed by atoms with Crippen molar-refractivity contribution in [3.63, 3.8) is 0 Å². The van der Waals surface area contributed by atoms with Crippen molar-refractivity contribution in [1.82, 2.24) is 4.98 Å². The SMILES string of the molecule is CC[C@@H](C)c1ccc2oc(-c3cccc(NC(=O)COc4ccc(C(C)(C)C)cc4)c3)nc2c1. The molecule has 0 unspecified atom stereocenters. The maximum Gasteiger partial charge on any atom is 0.262 e. The first-order valence-corrected chi connectivity index (χ1v) is 11.8. The van der Waals surface area contributed by atoms with E-state index in [4.69, 9.17) is 9.15 Å². The van der Waals surface area contributed by atoms with Gasteiger partial charge >= 0.3 is 0 Å². The first kappa shape index (κ1) is 23.6. The Morgan fingerprint density at radius 2 is 1.82 bits per heavy atom. The number of carbonyl (C=O) groups is 1. The minimum atomic E-state index is -0.229. The number of ether oxygens (including phenoxy) is 1. The summed E-state index contributed by atoms with van der Waals surface area (Å²) >= 11 is 0. The third-order valence-electron chi connectivity index (χ3n) is 6.08. The second kappa shape index (κ2) is 9.72. The first-order valence-electron chi connectivity index (χ1n) is 11.8. The zero-order valence-corrected chi connectivity index (χ0v) is 20.5. The summed E-state index contributed by atoms with van der Waals surface area (Å²) in [4.78, 5) is 17.1. The molecule has 0 aliphatic heterocycles. The minimum absolute atomic E-state index is 0.0691. The van der Waals surface area contributed by atoms with Crippen LogP contribution >= 0.6 is 0 Å². The van der Waals surface area contributed by atoms with Crippen LogP contribution in [-0.2, 0) is 10.2 Å². The van der Waals surface area contributed by atoms with Crippen molar-refractivity contribution in [2.24, 2.45) is 0 Å². The summed E-state index contributed by atoms with van der Waals surface area (Å²) in [6.45, 7) is 10.8. The van der Waals surface area contributed by atoms with E-state index in [0.717, 1.165) is 23.1 Å². The lowest BCUT2D eigenvalue weighted by molar-refractivity contribution is -0.118. The largest absolute Gasteiger partial charge is 0.484 e. The summed E-state index contributed by atoms with van der Waals surface area (Å²) in [5.41, 5.74) is 5.61. The zero-order chi connectivity index (χ0) is 24.3. The van der Waals surface area contributed by atoms with Gasteiger partial charge in [0.05, 0.1) is 0 Å². The normalized spacial score (nSPS) is 12.5. The predicted octanol–water partition coefficient (Wildman–Crippen LogP) is 7.32. The Bertz CT molecular complexity index is 1280. The van der Waals surface area contributed by atoms with E-state index in [-0.39, 0.29) is 17.9 Å². The van der Waals surface area contributed by atoms with Crippen LogP contribution < -0.4 is 10.1 Å². The van der Waals surface area contributed by atoms with Crippen molar-refractivity contribution in [1.29, 1.82) is 0 Å². The summed E-state index contributed by atoms with van der Waals surface area (Å²) in [5.74, 6) is 1.44. The maximum absolute atomic E-state index is 12.5. The van der Waals surface area contributed by atoms with Crippen LogP contribution in [0.2, 0.25) is 0 Å². The van der Waals surface area contributed by atoms with Gasteiger partial charge in [-0.3, -0.25) is 4.79 Å². The Labute approximate surface area is 201 Å². The highest BCUT2D eigenvalue weighted by Crippen LogP contribution is 2.29. The molecule has 1 N–H and O–H groups in total. The van der Waals surface area contributed by atoms with Crippen molar-refractivity contribution in [3.05, 3.63) is 77.9 Å². The molecule has 0 fully saturated rings. The van der Waals surface area contributed by atoms with Gasteiger partial charge in [-0.05, 0) is 71.3 Å². The number of anilines is 1. The van der Waals surface area contributed by atoms with Crippen LogP contribution in [0.3, 0.4) is 0 Å². The molecule has 4 aromatic rings. The summed E-state index contributed by atoms with van der Waals surface area (Å²) in [7, 11) is 0. The second-order valence-corrected chi connectivity index (χ2v) is 9.75. The molecule has 4 rings (SSSR count). The van der Waals surface area contributed by atoms with E-state index in [9.17, 15) is 4.79 Å². The van der Waals surface area contributed by atoms with Crippen LogP contribution in [0.1, 0.15) is 58.1 Å². The van der Waals surface area contributed by atoms with Gasteiger partial charge in [-0.15, -0.1) is 0 Å². The molecule has 0 saturated heterocycles. The van der Waals surface area contributed by atoms with Gasteiger partial charge in [0, 0.05) is 11.3 Å². The third kappa shape index (κ3) is 5.48. The van der Waals surface area contributed by atoms with Gasteiger partial charge in [0.2, 0.25) is 5.89 Å². The van der Waals surface area contributed by atoms with Crippen LogP contribution in [0, 0.1) is 0 Å². The van der Waals surface area contributed by atoms with E-state index < -0.39 is 0 Å². The number of hydrogen-bond acceptors (Lipinski definition) is 4. The summed E-state index contributed by atoms with van der Waals surface area (Å²) < 4.78 is 11.6. The molecule has 0 saturated carbocycles. The number of rotatable bonds is 7. The van der Waals surface area contributed by atoms with Crippen LogP contribution in [0.5, 0.6) is 5.75 Å². The number of oxazole rings is 1. The lowest BCUT2D eigenvalue weighted by atomic mass is 9.87. The summed E-state index contributed by atoms with van der Waals surface area (Å²) in [5, 5.41) is 2.89. The Kier molecular flexibility index (Phi) is 6.73. The second-order valence-electron chi connectivity index (χ2n) is 9.75. The van der Waals surface area contributed by atoms with Gasteiger partial charge in [0.25, 0.3) is 5.91 Å². The van der Waals surface area contributed by atoms with E-state index in [0.29, 0.717) is 23.2 Å². The molecule has 176 valence electrons. The number of hydrogen-bond donors (Lipinski definition) is 1. The van der Waals surface area contributed by atoms with E-state index in [1.165, 1.54) is 11.1 Å². The number of benzene rings is 3. The molecule has 0 aliphatic carbocycles. The number of aromatic nitrogens is 1. The molecule has 1 heterocycles. The molecule has 34 heavy (non-hydrogen) atoms. The highest BCUT2D eigenvalue weighted by atomic mass is 16.5. The predicted molar refractivity (Wildman–Crippen MR) is 137 cm³/mol. The average molecular weight is 457 g/mol. The average Bonchev–Trinajstić information content (AvgIpc) is 3.26. The molecule has 1 atom stereocenters. The van der Waals surface area contributed by atoms with Crippen LogP contribution in [0.4, 0.5) is 5.69 Å². The van der Waals surface area contributed by atoms with Gasteiger partial charge in [-0.2, -0.15) is 0 Å². The minimum Gasteiger partial charge on any atom is -0.484 e. The van der Waals surface area contributed by atoms with Crippen LogP contribution in [-0.4, -0.2) is 17.5 Å². The lowest BCUT2D eigenvalue weighted by Crippen LogP contribution is -2.20. The molecule has 0 spiro atoms.